The Kier molecular flexibility index (Phi) is 3.50. The predicted molar refractivity (Wildman–Crippen MR) is 80.5 cm³/mol. The molecule has 1 aliphatic carbocycles. The Morgan fingerprint density at radius 3 is 2.70 bits per heavy atom. The summed E-state index contributed by atoms with van der Waals surface area (Å²) in [6, 6.07) is 3.85. The second-order valence-corrected chi connectivity index (χ2v) is 6.35. The molecule has 2 aromatic rings. The molecule has 1 aliphatic heterocycles. The number of pyridine rings is 1. The maximum absolute atomic E-state index is 13.3. The third kappa shape index (κ3) is 2.92. The average Bonchev–Trinajstić information content (AvgIpc) is 3.27. The van der Waals surface area contributed by atoms with Crippen molar-refractivity contribution in [3.8, 4) is 11.4 Å². The van der Waals surface area contributed by atoms with Crippen LogP contribution in [0.2, 0.25) is 0 Å². The lowest BCUT2D eigenvalue weighted by molar-refractivity contribution is 0.00690. The fraction of sp³-hybridized carbons (Fsp3) is 0.562. The van der Waals surface area contributed by atoms with Gasteiger partial charge in [0.25, 0.3) is 0 Å². The van der Waals surface area contributed by atoms with Crippen LogP contribution in [0.1, 0.15) is 43.9 Å². The highest BCUT2D eigenvalue weighted by atomic mass is 19.3. The summed E-state index contributed by atoms with van der Waals surface area (Å²) in [5.41, 5.74) is 0.743. The Morgan fingerprint density at radius 2 is 2.04 bits per heavy atom. The zero-order valence-electron chi connectivity index (χ0n) is 12.7. The van der Waals surface area contributed by atoms with Gasteiger partial charge in [-0.05, 0) is 31.4 Å². The lowest BCUT2D eigenvalue weighted by Gasteiger charge is -2.15. The number of hydrogen-bond acceptors (Lipinski definition) is 5. The molecule has 7 heteroatoms. The summed E-state index contributed by atoms with van der Waals surface area (Å²) in [5, 5.41) is 3.92. The molecule has 0 N–H and O–H groups in total. The smallest absolute Gasteiger partial charge is 0.248 e. The molecule has 4 rings (SSSR count). The third-order valence-corrected chi connectivity index (χ3v) is 4.63. The van der Waals surface area contributed by atoms with Crippen LogP contribution < -0.4 is 4.90 Å². The number of rotatable bonds is 3. The highest BCUT2D eigenvalue weighted by Gasteiger charge is 2.42. The Balaban J connectivity index is 1.50. The van der Waals surface area contributed by atoms with Crippen LogP contribution in [-0.4, -0.2) is 34.1 Å². The van der Waals surface area contributed by atoms with Crippen LogP contribution in [-0.2, 0) is 0 Å². The van der Waals surface area contributed by atoms with Crippen LogP contribution in [0.5, 0.6) is 0 Å². The van der Waals surface area contributed by atoms with Crippen LogP contribution in [0.15, 0.2) is 22.9 Å². The molecule has 2 aromatic heterocycles. The third-order valence-electron chi connectivity index (χ3n) is 4.63. The maximum Gasteiger partial charge on any atom is 0.248 e. The summed E-state index contributed by atoms with van der Waals surface area (Å²) in [7, 11) is 0. The van der Waals surface area contributed by atoms with Crippen molar-refractivity contribution >= 4 is 5.82 Å². The van der Waals surface area contributed by atoms with Crippen LogP contribution in [0.25, 0.3) is 11.4 Å². The van der Waals surface area contributed by atoms with Gasteiger partial charge in [0.2, 0.25) is 17.6 Å². The summed E-state index contributed by atoms with van der Waals surface area (Å²) in [5.74, 6) is -1.29. The molecule has 3 heterocycles. The van der Waals surface area contributed by atoms with E-state index in [2.05, 4.69) is 20.0 Å². The van der Waals surface area contributed by atoms with Crippen molar-refractivity contribution < 1.29 is 13.3 Å². The topological polar surface area (TPSA) is 55.1 Å². The van der Waals surface area contributed by atoms with Crippen molar-refractivity contribution in [1.82, 2.24) is 15.1 Å². The van der Waals surface area contributed by atoms with Crippen molar-refractivity contribution in [3.63, 3.8) is 0 Å². The van der Waals surface area contributed by atoms with Crippen molar-refractivity contribution in [3.05, 3.63) is 24.2 Å². The molecule has 0 aromatic carbocycles. The first-order chi connectivity index (χ1) is 11.1. The van der Waals surface area contributed by atoms with E-state index < -0.39 is 5.92 Å². The largest absolute Gasteiger partial charge is 0.357 e. The van der Waals surface area contributed by atoms with Gasteiger partial charge in [-0.25, -0.2) is 13.8 Å². The van der Waals surface area contributed by atoms with E-state index in [-0.39, 0.29) is 18.8 Å². The molecule has 122 valence electrons. The van der Waals surface area contributed by atoms with E-state index in [9.17, 15) is 8.78 Å². The van der Waals surface area contributed by atoms with Gasteiger partial charge in [0.05, 0.1) is 0 Å². The number of alkyl halides is 2. The first kappa shape index (κ1) is 14.5. The summed E-state index contributed by atoms with van der Waals surface area (Å²) >= 11 is 0. The van der Waals surface area contributed by atoms with Gasteiger partial charge in [0.1, 0.15) is 5.82 Å². The monoisotopic (exact) mass is 320 g/mol. The second-order valence-electron chi connectivity index (χ2n) is 6.35. The second kappa shape index (κ2) is 5.54. The van der Waals surface area contributed by atoms with E-state index in [0.29, 0.717) is 18.1 Å². The molecule has 1 saturated carbocycles. The molecule has 1 unspecified atom stereocenters. The van der Waals surface area contributed by atoms with Crippen LogP contribution >= 0.6 is 0 Å². The van der Waals surface area contributed by atoms with Gasteiger partial charge < -0.3 is 9.42 Å². The minimum absolute atomic E-state index is 0.110. The number of aromatic nitrogens is 3. The zero-order valence-corrected chi connectivity index (χ0v) is 12.7. The Morgan fingerprint density at radius 1 is 1.22 bits per heavy atom. The lowest BCUT2D eigenvalue weighted by Crippen LogP contribution is -2.18. The number of halogens is 2. The summed E-state index contributed by atoms with van der Waals surface area (Å²) in [6.07, 6.45) is 4.18. The number of nitrogens with zero attached hydrogens (tertiary/aromatic N) is 4. The minimum atomic E-state index is -2.61. The Bertz CT molecular complexity index is 680. The van der Waals surface area contributed by atoms with E-state index >= 15 is 0 Å². The molecule has 0 spiro atoms. The fourth-order valence-corrected chi connectivity index (χ4v) is 3.33. The molecular formula is C16H18F2N4O. The van der Waals surface area contributed by atoms with Crippen molar-refractivity contribution in [2.75, 3.05) is 18.0 Å². The highest BCUT2D eigenvalue weighted by molar-refractivity contribution is 5.56. The molecule has 0 radical (unpaired) electrons. The molecule has 1 saturated heterocycles. The zero-order chi connectivity index (χ0) is 15.9. The van der Waals surface area contributed by atoms with Gasteiger partial charge in [0, 0.05) is 43.6 Å². The van der Waals surface area contributed by atoms with Gasteiger partial charge in [-0.15, -0.1) is 0 Å². The summed E-state index contributed by atoms with van der Waals surface area (Å²) in [6.45, 7) is 2.07. The van der Waals surface area contributed by atoms with E-state index in [1.165, 1.54) is 12.8 Å². The van der Waals surface area contributed by atoms with E-state index in [1.54, 1.807) is 6.20 Å². The van der Waals surface area contributed by atoms with E-state index in [0.717, 1.165) is 24.5 Å². The molecule has 0 amide bonds. The van der Waals surface area contributed by atoms with Crippen molar-refractivity contribution in [2.24, 2.45) is 0 Å². The minimum Gasteiger partial charge on any atom is -0.357 e. The Hall–Kier alpha value is -2.05. The fourth-order valence-electron chi connectivity index (χ4n) is 3.33. The number of anilines is 1. The van der Waals surface area contributed by atoms with E-state index in [4.69, 9.17) is 4.52 Å². The molecule has 23 heavy (non-hydrogen) atoms. The SMILES string of the molecule is FC1(F)CCC(c2nc(-c3ccc(N4CCCC4)nc3)no2)C1. The van der Waals surface area contributed by atoms with Gasteiger partial charge in [-0.2, -0.15) is 4.98 Å². The van der Waals surface area contributed by atoms with E-state index in [1.807, 2.05) is 12.1 Å². The predicted octanol–water partition coefficient (Wildman–Crippen LogP) is 3.63. The van der Waals surface area contributed by atoms with Crippen molar-refractivity contribution in [2.45, 2.75) is 43.9 Å². The van der Waals surface area contributed by atoms with Gasteiger partial charge in [-0.3, -0.25) is 0 Å². The maximum atomic E-state index is 13.3. The quantitative estimate of drug-likeness (QED) is 0.864. The number of hydrogen-bond donors (Lipinski definition) is 0. The Labute approximate surface area is 132 Å². The van der Waals surface area contributed by atoms with Gasteiger partial charge >= 0.3 is 0 Å². The lowest BCUT2D eigenvalue weighted by atomic mass is 10.1. The molecule has 2 aliphatic rings. The van der Waals surface area contributed by atoms with Crippen LogP contribution in [0.3, 0.4) is 0 Å². The normalized spacial score (nSPS) is 23.6. The molecule has 2 fully saturated rings. The highest BCUT2D eigenvalue weighted by Crippen LogP contribution is 2.43. The first-order valence-corrected chi connectivity index (χ1v) is 8.03. The average molecular weight is 320 g/mol. The van der Waals surface area contributed by atoms with Crippen molar-refractivity contribution in [1.29, 1.82) is 0 Å². The van der Waals surface area contributed by atoms with Crippen LogP contribution in [0.4, 0.5) is 14.6 Å². The summed E-state index contributed by atoms with van der Waals surface area (Å²) < 4.78 is 31.8. The molecular weight excluding hydrogens is 302 g/mol. The van der Waals surface area contributed by atoms with Gasteiger partial charge in [-0.1, -0.05) is 5.16 Å². The van der Waals surface area contributed by atoms with Gasteiger partial charge in [0.15, 0.2) is 0 Å². The first-order valence-electron chi connectivity index (χ1n) is 8.03. The standard InChI is InChI=1S/C16H18F2N4O/c17-16(18)6-5-11(9-16)15-20-14(21-23-15)12-3-4-13(19-10-12)22-7-1-2-8-22/h3-4,10-11H,1-2,5-9H2. The molecule has 0 bridgehead atoms. The van der Waals surface area contributed by atoms with Crippen LogP contribution in [0, 0.1) is 0 Å². The molecule has 1 atom stereocenters. The summed E-state index contributed by atoms with van der Waals surface area (Å²) in [4.78, 5) is 11.0. The molecule has 5 nitrogen and oxygen atoms in total.